The maximum absolute atomic E-state index is 12.4. The summed E-state index contributed by atoms with van der Waals surface area (Å²) in [6, 6.07) is 3.03. The van der Waals surface area contributed by atoms with Crippen LogP contribution < -0.4 is 0 Å². The van der Waals surface area contributed by atoms with Crippen molar-refractivity contribution in [3.05, 3.63) is 29.7 Å². The topological polar surface area (TPSA) is 17.8 Å². The van der Waals surface area contributed by atoms with Crippen molar-refractivity contribution in [1.82, 2.24) is 9.55 Å². The summed E-state index contributed by atoms with van der Waals surface area (Å²) in [4.78, 5) is 3.79. The molecule has 2 aromatic rings. The second kappa shape index (κ2) is 2.96. The largest absolute Gasteiger partial charge is 0.319 e. The minimum Gasteiger partial charge on any atom is -0.291 e. The average Bonchev–Trinajstić information content (AvgIpc) is 2.48. The summed E-state index contributed by atoms with van der Waals surface area (Å²) < 4.78 is 25.6. The molecule has 0 amide bonds. The zero-order valence-electron chi connectivity index (χ0n) is 6.42. The fraction of sp³-hybridized carbons (Fsp3) is 0.125. The fourth-order valence-electron chi connectivity index (χ4n) is 1.22. The van der Waals surface area contributed by atoms with Gasteiger partial charge in [0.25, 0.3) is 0 Å². The van der Waals surface area contributed by atoms with Crippen LogP contribution in [0.1, 0.15) is 6.55 Å². The van der Waals surface area contributed by atoms with Crippen molar-refractivity contribution in [3.8, 4) is 0 Å². The highest BCUT2D eigenvalue weighted by atomic mass is 35.5. The molecule has 2 heterocycles. The molecule has 0 bridgehead atoms. The third kappa shape index (κ3) is 1.27. The van der Waals surface area contributed by atoms with E-state index in [9.17, 15) is 8.78 Å². The van der Waals surface area contributed by atoms with E-state index >= 15 is 0 Å². The van der Waals surface area contributed by atoms with E-state index in [1.54, 1.807) is 0 Å². The summed E-state index contributed by atoms with van der Waals surface area (Å²) in [5, 5.41) is 0.793. The number of rotatable bonds is 1. The minimum atomic E-state index is -2.55. The van der Waals surface area contributed by atoms with E-state index in [2.05, 4.69) is 4.98 Å². The lowest BCUT2D eigenvalue weighted by atomic mass is 10.3. The Morgan fingerprint density at radius 1 is 1.38 bits per heavy atom. The quantitative estimate of drug-likeness (QED) is 0.650. The van der Waals surface area contributed by atoms with Gasteiger partial charge in [0, 0.05) is 17.8 Å². The Morgan fingerprint density at radius 2 is 2.15 bits per heavy atom. The zero-order chi connectivity index (χ0) is 9.42. The van der Waals surface area contributed by atoms with E-state index in [0.29, 0.717) is 10.9 Å². The van der Waals surface area contributed by atoms with Crippen molar-refractivity contribution in [2.45, 2.75) is 6.55 Å². The molecule has 0 unspecified atom stereocenters. The highest BCUT2D eigenvalue weighted by molar-refractivity contribution is 6.34. The molecule has 0 radical (unpaired) electrons. The Labute approximate surface area is 77.8 Å². The molecular weight excluding hydrogens is 198 g/mol. The second-order valence-electron chi connectivity index (χ2n) is 2.54. The molecule has 0 N–H and O–H groups in total. The van der Waals surface area contributed by atoms with Crippen LogP contribution >= 0.6 is 11.6 Å². The average molecular weight is 203 g/mol. The third-order valence-corrected chi connectivity index (χ3v) is 2.11. The van der Waals surface area contributed by atoms with Gasteiger partial charge in [0.05, 0.1) is 5.52 Å². The lowest BCUT2D eigenvalue weighted by molar-refractivity contribution is 0.0752. The van der Waals surface area contributed by atoms with Crippen LogP contribution in [0.5, 0.6) is 0 Å². The molecule has 2 aromatic heterocycles. The molecule has 0 atom stereocenters. The van der Waals surface area contributed by atoms with Gasteiger partial charge in [-0.3, -0.25) is 4.57 Å². The molecule has 0 fully saturated rings. The predicted molar refractivity (Wildman–Crippen MR) is 46.0 cm³/mol. The number of halogens is 3. The molecule has 0 aromatic carbocycles. The molecule has 5 heteroatoms. The third-order valence-electron chi connectivity index (χ3n) is 1.81. The van der Waals surface area contributed by atoms with Crippen LogP contribution in [0.2, 0.25) is 5.15 Å². The monoisotopic (exact) mass is 202 g/mol. The molecule has 2 rings (SSSR count). The van der Waals surface area contributed by atoms with Gasteiger partial charge in [-0.15, -0.1) is 0 Å². The number of aromatic nitrogens is 2. The van der Waals surface area contributed by atoms with Gasteiger partial charge >= 0.3 is 6.55 Å². The predicted octanol–water partition coefficient (Wildman–Crippen LogP) is 3.08. The van der Waals surface area contributed by atoms with Crippen LogP contribution in [0.4, 0.5) is 8.78 Å². The van der Waals surface area contributed by atoms with Crippen LogP contribution in [0, 0.1) is 0 Å². The molecule has 68 valence electrons. The van der Waals surface area contributed by atoms with Gasteiger partial charge in [-0.25, -0.2) is 4.98 Å². The molecular formula is C8H5ClF2N2. The minimum absolute atomic E-state index is 0.247. The maximum Gasteiger partial charge on any atom is 0.319 e. The number of hydrogen-bond donors (Lipinski definition) is 0. The van der Waals surface area contributed by atoms with Crippen molar-refractivity contribution >= 4 is 22.5 Å². The molecule has 0 aliphatic heterocycles. The summed E-state index contributed by atoms with van der Waals surface area (Å²) in [5.41, 5.74) is 0.398. The number of hydrogen-bond acceptors (Lipinski definition) is 1. The van der Waals surface area contributed by atoms with Gasteiger partial charge in [0.1, 0.15) is 5.15 Å². The van der Waals surface area contributed by atoms with Crippen LogP contribution in [-0.4, -0.2) is 9.55 Å². The van der Waals surface area contributed by atoms with Crippen LogP contribution in [0.15, 0.2) is 24.5 Å². The Morgan fingerprint density at radius 3 is 2.85 bits per heavy atom. The van der Waals surface area contributed by atoms with Gasteiger partial charge in [-0.2, -0.15) is 8.78 Å². The Kier molecular flexibility index (Phi) is 1.92. The first-order valence-electron chi connectivity index (χ1n) is 3.59. The Hall–Kier alpha value is -1.16. The number of fused-ring (bicyclic) bond motifs is 1. The summed E-state index contributed by atoms with van der Waals surface area (Å²) in [6.45, 7) is -2.55. The van der Waals surface area contributed by atoms with E-state index in [-0.39, 0.29) is 5.15 Å². The standard InChI is InChI=1S/C8H5ClF2N2/c9-7-5-2-4-13(8(10)11)6(5)1-3-12-7/h1-4,8H. The highest BCUT2D eigenvalue weighted by Crippen LogP contribution is 2.25. The summed E-state index contributed by atoms with van der Waals surface area (Å²) >= 11 is 5.71. The summed E-state index contributed by atoms with van der Waals surface area (Å²) in [7, 11) is 0. The summed E-state index contributed by atoms with van der Waals surface area (Å²) in [6.07, 6.45) is 2.70. The fourth-order valence-corrected chi connectivity index (χ4v) is 1.44. The van der Waals surface area contributed by atoms with Crippen molar-refractivity contribution in [3.63, 3.8) is 0 Å². The van der Waals surface area contributed by atoms with E-state index in [1.165, 1.54) is 24.5 Å². The Balaban J connectivity index is 2.75. The zero-order valence-corrected chi connectivity index (χ0v) is 7.17. The van der Waals surface area contributed by atoms with E-state index in [0.717, 1.165) is 4.57 Å². The molecule has 0 aliphatic carbocycles. The second-order valence-corrected chi connectivity index (χ2v) is 2.89. The SMILES string of the molecule is FC(F)n1ccc2c(Cl)nccc21. The molecule has 0 saturated heterocycles. The molecule has 0 saturated carbocycles. The molecule has 0 spiro atoms. The first-order chi connectivity index (χ1) is 6.20. The smallest absolute Gasteiger partial charge is 0.291 e. The van der Waals surface area contributed by atoms with Gasteiger partial charge < -0.3 is 0 Å². The van der Waals surface area contributed by atoms with Crippen molar-refractivity contribution in [1.29, 1.82) is 0 Å². The van der Waals surface area contributed by atoms with E-state index < -0.39 is 6.55 Å². The molecule has 13 heavy (non-hydrogen) atoms. The number of alkyl halides is 2. The Bertz CT molecular complexity index is 439. The molecule has 0 aliphatic rings. The lowest BCUT2D eigenvalue weighted by Gasteiger charge is -2.02. The van der Waals surface area contributed by atoms with E-state index in [1.807, 2.05) is 0 Å². The van der Waals surface area contributed by atoms with Crippen LogP contribution in [-0.2, 0) is 0 Å². The van der Waals surface area contributed by atoms with Crippen molar-refractivity contribution < 1.29 is 8.78 Å². The van der Waals surface area contributed by atoms with E-state index in [4.69, 9.17) is 11.6 Å². The van der Waals surface area contributed by atoms with Gasteiger partial charge in [-0.1, -0.05) is 11.6 Å². The van der Waals surface area contributed by atoms with Crippen molar-refractivity contribution in [2.24, 2.45) is 0 Å². The number of nitrogens with zero attached hydrogens (tertiary/aromatic N) is 2. The van der Waals surface area contributed by atoms with Crippen molar-refractivity contribution in [2.75, 3.05) is 0 Å². The molecule has 2 nitrogen and oxygen atoms in total. The lowest BCUT2D eigenvalue weighted by Crippen LogP contribution is -1.94. The number of pyridine rings is 1. The normalized spacial score (nSPS) is 11.4. The van der Waals surface area contributed by atoms with Crippen LogP contribution in [0.3, 0.4) is 0 Å². The summed E-state index contributed by atoms with van der Waals surface area (Å²) in [5.74, 6) is 0. The van der Waals surface area contributed by atoms with Crippen LogP contribution in [0.25, 0.3) is 10.9 Å². The maximum atomic E-state index is 12.4. The van der Waals surface area contributed by atoms with Gasteiger partial charge in [-0.05, 0) is 12.1 Å². The first-order valence-corrected chi connectivity index (χ1v) is 3.97. The first kappa shape index (κ1) is 8.44. The van der Waals surface area contributed by atoms with Gasteiger partial charge in [0.2, 0.25) is 0 Å². The highest BCUT2D eigenvalue weighted by Gasteiger charge is 2.10. The van der Waals surface area contributed by atoms with Gasteiger partial charge in [0.15, 0.2) is 0 Å².